The topological polar surface area (TPSA) is 82.0 Å². The highest BCUT2D eigenvalue weighted by atomic mass is 32.1. The zero-order valence-electron chi connectivity index (χ0n) is 7.53. The summed E-state index contributed by atoms with van der Waals surface area (Å²) >= 11 is 1.44. The molecule has 0 radical (unpaired) electrons. The predicted octanol–water partition coefficient (Wildman–Crippen LogP) is 0.830. The number of nitrogens with zero attached hydrogens (tertiary/aromatic N) is 5. The third kappa shape index (κ3) is 1.33. The average molecular weight is 218 g/mol. The second kappa shape index (κ2) is 2.99. The highest BCUT2D eigenvalue weighted by Crippen LogP contribution is 2.22. The molecule has 3 heterocycles. The van der Waals surface area contributed by atoms with Gasteiger partial charge in [0.25, 0.3) is 0 Å². The van der Waals surface area contributed by atoms with Crippen molar-refractivity contribution in [3.05, 3.63) is 24.7 Å². The fraction of sp³-hybridized carbons (Fsp3) is 0. The van der Waals surface area contributed by atoms with E-state index in [2.05, 4.69) is 20.3 Å². The first-order chi connectivity index (χ1) is 7.33. The number of anilines is 1. The molecule has 0 amide bonds. The minimum absolute atomic E-state index is 0.641. The Kier molecular flexibility index (Phi) is 1.65. The number of hydrogen-bond donors (Lipinski definition) is 1. The number of nitrogens with two attached hydrogens (primary N) is 1. The molecule has 0 saturated carbocycles. The fourth-order valence-electron chi connectivity index (χ4n) is 1.20. The molecular formula is C8H6N6S. The van der Waals surface area contributed by atoms with Crippen LogP contribution in [-0.2, 0) is 0 Å². The first kappa shape index (κ1) is 8.30. The summed E-state index contributed by atoms with van der Waals surface area (Å²) in [4.78, 5) is 4.94. The molecule has 0 aliphatic rings. The Balaban J connectivity index is 2.13. The van der Waals surface area contributed by atoms with Crippen LogP contribution in [0.15, 0.2) is 24.7 Å². The molecule has 3 aromatic rings. The molecule has 0 spiro atoms. The lowest BCUT2D eigenvalue weighted by molar-refractivity contribution is 0.956. The highest BCUT2D eigenvalue weighted by Gasteiger charge is 2.07. The predicted molar refractivity (Wildman–Crippen MR) is 56.3 cm³/mol. The van der Waals surface area contributed by atoms with Crippen LogP contribution in [-0.4, -0.2) is 24.8 Å². The van der Waals surface area contributed by atoms with E-state index in [0.29, 0.717) is 5.69 Å². The summed E-state index contributed by atoms with van der Waals surface area (Å²) in [7, 11) is 0. The first-order valence-corrected chi connectivity index (χ1v) is 5.03. The van der Waals surface area contributed by atoms with E-state index in [-0.39, 0.29) is 0 Å². The Morgan fingerprint density at radius 2 is 2.27 bits per heavy atom. The van der Waals surface area contributed by atoms with Gasteiger partial charge in [-0.1, -0.05) is 11.3 Å². The van der Waals surface area contributed by atoms with Crippen LogP contribution in [0.1, 0.15) is 0 Å². The van der Waals surface area contributed by atoms with Gasteiger partial charge in [0.1, 0.15) is 12.0 Å². The summed E-state index contributed by atoms with van der Waals surface area (Å²) in [6, 6.07) is 3.63. The van der Waals surface area contributed by atoms with E-state index in [0.717, 1.165) is 15.7 Å². The van der Waals surface area contributed by atoms with Crippen molar-refractivity contribution in [1.29, 1.82) is 0 Å². The molecule has 15 heavy (non-hydrogen) atoms. The zero-order valence-corrected chi connectivity index (χ0v) is 8.35. The van der Waals surface area contributed by atoms with E-state index in [4.69, 9.17) is 5.73 Å². The summed E-state index contributed by atoms with van der Waals surface area (Å²) in [6.45, 7) is 0. The molecule has 3 aromatic heterocycles. The molecule has 0 unspecified atom stereocenters. The van der Waals surface area contributed by atoms with Crippen LogP contribution in [0.25, 0.3) is 15.7 Å². The van der Waals surface area contributed by atoms with Crippen molar-refractivity contribution in [3.63, 3.8) is 0 Å². The molecule has 0 aliphatic carbocycles. The van der Waals surface area contributed by atoms with Crippen molar-refractivity contribution < 1.29 is 0 Å². The van der Waals surface area contributed by atoms with E-state index < -0.39 is 0 Å². The van der Waals surface area contributed by atoms with Crippen molar-refractivity contribution in [1.82, 2.24) is 24.8 Å². The number of pyridine rings is 1. The van der Waals surface area contributed by atoms with Crippen molar-refractivity contribution in [2.75, 3.05) is 5.73 Å². The minimum atomic E-state index is 0.641. The van der Waals surface area contributed by atoms with Gasteiger partial charge in [0.2, 0.25) is 4.96 Å². The van der Waals surface area contributed by atoms with E-state index in [1.165, 1.54) is 11.3 Å². The quantitative estimate of drug-likeness (QED) is 0.654. The molecule has 74 valence electrons. The van der Waals surface area contributed by atoms with Crippen LogP contribution in [0.3, 0.4) is 0 Å². The Morgan fingerprint density at radius 1 is 1.33 bits per heavy atom. The van der Waals surface area contributed by atoms with E-state index in [1.807, 2.05) is 6.07 Å². The monoisotopic (exact) mass is 218 g/mol. The third-order valence-electron chi connectivity index (χ3n) is 1.89. The van der Waals surface area contributed by atoms with Crippen LogP contribution < -0.4 is 5.73 Å². The summed E-state index contributed by atoms with van der Waals surface area (Å²) in [5.41, 5.74) is 6.98. The number of aromatic nitrogens is 5. The minimum Gasteiger partial charge on any atom is -0.397 e. The first-order valence-electron chi connectivity index (χ1n) is 4.22. The molecule has 6 nitrogen and oxygen atoms in total. The van der Waals surface area contributed by atoms with Crippen LogP contribution in [0, 0.1) is 0 Å². The smallest absolute Gasteiger partial charge is 0.234 e. The van der Waals surface area contributed by atoms with Gasteiger partial charge in [-0.2, -0.15) is 9.61 Å². The second-order valence-electron chi connectivity index (χ2n) is 2.94. The fourth-order valence-corrected chi connectivity index (χ4v) is 1.99. The van der Waals surface area contributed by atoms with Gasteiger partial charge in [0.05, 0.1) is 11.9 Å². The van der Waals surface area contributed by atoms with Gasteiger partial charge in [-0.3, -0.25) is 4.98 Å². The van der Waals surface area contributed by atoms with Gasteiger partial charge in [0, 0.05) is 0 Å². The van der Waals surface area contributed by atoms with Gasteiger partial charge in [0.15, 0.2) is 5.01 Å². The summed E-state index contributed by atoms with van der Waals surface area (Å²) < 4.78 is 1.62. The Labute approximate surface area is 88.4 Å². The molecular weight excluding hydrogens is 212 g/mol. The summed E-state index contributed by atoms with van der Waals surface area (Å²) in [6.07, 6.45) is 3.17. The average Bonchev–Trinajstić information content (AvgIpc) is 2.78. The standard InChI is InChI=1S/C8H6N6S/c9-5-1-2-6(10-3-5)7-13-14-4-11-12-8(14)15-7/h1-4H,9H2. The summed E-state index contributed by atoms with van der Waals surface area (Å²) in [5.74, 6) is 0. The summed E-state index contributed by atoms with van der Waals surface area (Å²) in [5, 5.41) is 12.7. The number of hydrogen-bond acceptors (Lipinski definition) is 6. The largest absolute Gasteiger partial charge is 0.397 e. The van der Waals surface area contributed by atoms with Crippen LogP contribution in [0.2, 0.25) is 0 Å². The van der Waals surface area contributed by atoms with Gasteiger partial charge >= 0.3 is 0 Å². The molecule has 7 heteroatoms. The van der Waals surface area contributed by atoms with Crippen molar-refractivity contribution >= 4 is 22.0 Å². The van der Waals surface area contributed by atoms with E-state index in [1.54, 1.807) is 23.1 Å². The second-order valence-corrected chi connectivity index (χ2v) is 3.90. The molecule has 0 aliphatic heterocycles. The van der Waals surface area contributed by atoms with Crippen molar-refractivity contribution in [3.8, 4) is 10.7 Å². The van der Waals surface area contributed by atoms with Gasteiger partial charge in [-0.15, -0.1) is 10.2 Å². The van der Waals surface area contributed by atoms with Crippen molar-refractivity contribution in [2.45, 2.75) is 0 Å². The number of nitrogen functional groups attached to an aromatic ring is 1. The van der Waals surface area contributed by atoms with Crippen LogP contribution in [0.4, 0.5) is 5.69 Å². The highest BCUT2D eigenvalue weighted by molar-refractivity contribution is 7.19. The van der Waals surface area contributed by atoms with Crippen molar-refractivity contribution in [2.24, 2.45) is 0 Å². The Hall–Kier alpha value is -2.02. The lowest BCUT2D eigenvalue weighted by Crippen LogP contribution is -1.88. The molecule has 0 atom stereocenters. The number of fused-ring (bicyclic) bond motifs is 1. The maximum absolute atomic E-state index is 5.55. The van der Waals surface area contributed by atoms with Gasteiger partial charge in [-0.25, -0.2) is 0 Å². The lowest BCUT2D eigenvalue weighted by Gasteiger charge is -1.94. The molecule has 2 N–H and O–H groups in total. The number of rotatable bonds is 1. The molecule has 0 fully saturated rings. The zero-order chi connectivity index (χ0) is 10.3. The van der Waals surface area contributed by atoms with Gasteiger partial charge < -0.3 is 5.73 Å². The normalized spacial score (nSPS) is 10.9. The third-order valence-corrected chi connectivity index (χ3v) is 2.83. The Morgan fingerprint density at radius 3 is 3.00 bits per heavy atom. The van der Waals surface area contributed by atoms with E-state index >= 15 is 0 Å². The molecule has 0 aromatic carbocycles. The van der Waals surface area contributed by atoms with Crippen LogP contribution >= 0.6 is 11.3 Å². The lowest BCUT2D eigenvalue weighted by atomic mass is 10.3. The maximum atomic E-state index is 5.55. The molecule has 3 rings (SSSR count). The SMILES string of the molecule is Nc1ccc(-c2nn3cnnc3s2)nc1. The van der Waals surface area contributed by atoms with Gasteiger partial charge in [-0.05, 0) is 12.1 Å². The van der Waals surface area contributed by atoms with Crippen LogP contribution in [0.5, 0.6) is 0 Å². The Bertz CT molecular complexity index is 566. The van der Waals surface area contributed by atoms with E-state index in [9.17, 15) is 0 Å². The molecule has 0 saturated heterocycles. The maximum Gasteiger partial charge on any atom is 0.234 e. The molecule has 0 bridgehead atoms.